The van der Waals surface area contributed by atoms with Crippen LogP contribution in [0.25, 0.3) is 11.1 Å². The van der Waals surface area contributed by atoms with Crippen LogP contribution >= 0.6 is 0 Å². The molecule has 7 nitrogen and oxygen atoms in total. The van der Waals surface area contributed by atoms with Crippen LogP contribution in [0.1, 0.15) is 12.0 Å². The standard InChI is InChI=1S/C27H24N2O5/c1-32-23-10-8-19(18-5-3-2-4-6-18)13-21(23)29-20-14-22(27(29)31)28(15-20)26(30)12-17-7-9-24-25(11-17)34-16-33-24/h2-11,13,20,22H,12,14-16H2,1H3/t20-,22-/m0/s1. The normalized spacial score (nSPS) is 20.2. The van der Waals surface area contributed by atoms with Gasteiger partial charge in [0.1, 0.15) is 11.8 Å². The number of hydrogen-bond donors (Lipinski definition) is 0. The monoisotopic (exact) mass is 456 g/mol. The molecule has 0 N–H and O–H groups in total. The largest absolute Gasteiger partial charge is 0.495 e. The smallest absolute Gasteiger partial charge is 0.250 e. The van der Waals surface area contributed by atoms with Crippen molar-refractivity contribution in [3.05, 3.63) is 72.3 Å². The summed E-state index contributed by atoms with van der Waals surface area (Å²) in [5.74, 6) is 1.89. The van der Waals surface area contributed by atoms with Crippen LogP contribution in [0, 0.1) is 0 Å². The molecule has 2 fully saturated rings. The SMILES string of the molecule is COc1ccc(-c2ccccc2)cc1N1C(=O)[C@@H]2C[C@H]1CN2C(=O)Cc1ccc2c(c1)OCO2. The summed E-state index contributed by atoms with van der Waals surface area (Å²) >= 11 is 0. The summed E-state index contributed by atoms with van der Waals surface area (Å²) in [6.07, 6.45) is 0.852. The number of likely N-dealkylation sites (tertiary alicyclic amines) is 1. The van der Waals surface area contributed by atoms with Crippen LogP contribution in [0.15, 0.2) is 66.7 Å². The lowest BCUT2D eigenvalue weighted by molar-refractivity contribution is -0.137. The quantitative estimate of drug-likeness (QED) is 0.586. The molecule has 0 aliphatic carbocycles. The van der Waals surface area contributed by atoms with E-state index in [1.54, 1.807) is 12.0 Å². The van der Waals surface area contributed by atoms with Gasteiger partial charge in [-0.1, -0.05) is 42.5 Å². The average molecular weight is 456 g/mol. The van der Waals surface area contributed by atoms with E-state index in [1.165, 1.54) is 0 Å². The molecule has 2 atom stereocenters. The first kappa shape index (κ1) is 20.6. The predicted molar refractivity (Wildman–Crippen MR) is 126 cm³/mol. The van der Waals surface area contributed by atoms with Gasteiger partial charge in [-0.15, -0.1) is 0 Å². The summed E-state index contributed by atoms with van der Waals surface area (Å²) in [5.41, 5.74) is 3.69. The molecule has 0 saturated carbocycles. The topological polar surface area (TPSA) is 68.3 Å². The zero-order valence-electron chi connectivity index (χ0n) is 18.8. The van der Waals surface area contributed by atoms with E-state index < -0.39 is 6.04 Å². The molecular formula is C27H24N2O5. The molecular weight excluding hydrogens is 432 g/mol. The molecule has 172 valence electrons. The first-order valence-electron chi connectivity index (χ1n) is 11.4. The van der Waals surface area contributed by atoms with Gasteiger partial charge in [-0.2, -0.15) is 0 Å². The Labute approximate surface area is 197 Å². The van der Waals surface area contributed by atoms with Crippen LogP contribution in [-0.2, 0) is 16.0 Å². The highest BCUT2D eigenvalue weighted by molar-refractivity contribution is 6.05. The number of benzene rings is 3. The lowest BCUT2D eigenvalue weighted by Gasteiger charge is -2.34. The van der Waals surface area contributed by atoms with E-state index in [2.05, 4.69) is 0 Å². The Morgan fingerprint density at radius 3 is 2.62 bits per heavy atom. The number of fused-ring (bicyclic) bond motifs is 3. The molecule has 0 unspecified atom stereocenters. The van der Waals surface area contributed by atoms with Crippen molar-refractivity contribution < 1.29 is 23.8 Å². The summed E-state index contributed by atoms with van der Waals surface area (Å²) in [4.78, 5) is 30.1. The molecule has 3 aromatic rings. The average Bonchev–Trinajstić information content (AvgIpc) is 3.59. The molecule has 7 heteroatoms. The van der Waals surface area contributed by atoms with Crippen molar-refractivity contribution in [1.29, 1.82) is 0 Å². The summed E-state index contributed by atoms with van der Waals surface area (Å²) in [5, 5.41) is 0. The molecule has 3 heterocycles. The maximum atomic E-state index is 13.4. The van der Waals surface area contributed by atoms with Crippen molar-refractivity contribution in [3.8, 4) is 28.4 Å². The first-order valence-corrected chi connectivity index (χ1v) is 11.4. The molecule has 0 spiro atoms. The molecule has 2 bridgehead atoms. The predicted octanol–water partition coefficient (Wildman–Crippen LogP) is 3.65. The number of hydrogen-bond acceptors (Lipinski definition) is 5. The van der Waals surface area contributed by atoms with Gasteiger partial charge >= 0.3 is 0 Å². The minimum atomic E-state index is -0.448. The maximum absolute atomic E-state index is 13.4. The van der Waals surface area contributed by atoms with Crippen molar-refractivity contribution in [2.75, 3.05) is 25.3 Å². The number of nitrogens with zero attached hydrogens (tertiary/aromatic N) is 2. The highest BCUT2D eigenvalue weighted by Crippen LogP contribution is 2.42. The minimum Gasteiger partial charge on any atom is -0.495 e. The molecule has 3 aliphatic heterocycles. The van der Waals surface area contributed by atoms with Crippen LogP contribution in [-0.4, -0.2) is 49.2 Å². The Morgan fingerprint density at radius 2 is 1.82 bits per heavy atom. The molecule has 2 amide bonds. The third-order valence-electron chi connectivity index (χ3n) is 6.82. The number of piperazine rings is 1. The van der Waals surface area contributed by atoms with Crippen LogP contribution in [0.5, 0.6) is 17.2 Å². The van der Waals surface area contributed by atoms with E-state index in [1.807, 2.05) is 71.6 Å². The molecule has 0 aromatic heterocycles. The van der Waals surface area contributed by atoms with Crippen molar-refractivity contribution in [1.82, 2.24) is 4.90 Å². The van der Waals surface area contributed by atoms with Crippen LogP contribution in [0.4, 0.5) is 5.69 Å². The second-order valence-electron chi connectivity index (χ2n) is 8.78. The number of amides is 2. The number of anilines is 1. The zero-order chi connectivity index (χ0) is 23.2. The van der Waals surface area contributed by atoms with Gasteiger partial charge in [0.05, 0.1) is 25.3 Å². The van der Waals surface area contributed by atoms with Crippen LogP contribution in [0.2, 0.25) is 0 Å². The van der Waals surface area contributed by atoms with E-state index in [-0.39, 0.29) is 31.1 Å². The van der Waals surface area contributed by atoms with Crippen LogP contribution in [0.3, 0.4) is 0 Å². The number of ether oxygens (including phenoxy) is 3. The van der Waals surface area contributed by atoms with Gasteiger partial charge in [-0.05, 0) is 47.4 Å². The van der Waals surface area contributed by atoms with E-state index in [0.29, 0.717) is 30.2 Å². The first-order chi connectivity index (χ1) is 16.6. The third-order valence-corrected chi connectivity index (χ3v) is 6.82. The summed E-state index contributed by atoms with van der Waals surface area (Å²) in [6, 6.07) is 21.0. The number of carbonyl (C=O) groups excluding carboxylic acids is 2. The third kappa shape index (κ3) is 3.36. The van der Waals surface area contributed by atoms with Gasteiger partial charge in [0.25, 0.3) is 0 Å². The van der Waals surface area contributed by atoms with Crippen molar-refractivity contribution in [2.24, 2.45) is 0 Å². The Bertz CT molecular complexity index is 1280. The molecule has 2 saturated heterocycles. The lowest BCUT2D eigenvalue weighted by Crippen LogP contribution is -2.53. The highest BCUT2D eigenvalue weighted by atomic mass is 16.7. The van der Waals surface area contributed by atoms with Gasteiger partial charge in [-0.25, -0.2) is 0 Å². The van der Waals surface area contributed by atoms with Crippen molar-refractivity contribution in [3.63, 3.8) is 0 Å². The van der Waals surface area contributed by atoms with Gasteiger partial charge in [0, 0.05) is 6.54 Å². The zero-order valence-corrected chi connectivity index (χ0v) is 18.8. The van der Waals surface area contributed by atoms with E-state index in [0.717, 1.165) is 22.4 Å². The molecule has 3 aliphatic rings. The Balaban J connectivity index is 1.23. The van der Waals surface area contributed by atoms with Gasteiger partial charge in [-0.3, -0.25) is 9.59 Å². The van der Waals surface area contributed by atoms with E-state index in [9.17, 15) is 9.59 Å². The molecule has 3 aromatic carbocycles. The van der Waals surface area contributed by atoms with Gasteiger partial charge < -0.3 is 24.0 Å². The summed E-state index contributed by atoms with van der Waals surface area (Å²) in [7, 11) is 1.61. The van der Waals surface area contributed by atoms with Crippen molar-refractivity contribution in [2.45, 2.75) is 24.9 Å². The second kappa shape index (κ2) is 8.09. The van der Waals surface area contributed by atoms with E-state index in [4.69, 9.17) is 14.2 Å². The number of methoxy groups -OCH3 is 1. The Kier molecular flexibility index (Phi) is 4.90. The molecule has 6 rings (SSSR count). The summed E-state index contributed by atoms with van der Waals surface area (Å²) in [6.45, 7) is 0.709. The highest BCUT2D eigenvalue weighted by Gasteiger charge is 2.52. The summed E-state index contributed by atoms with van der Waals surface area (Å²) < 4.78 is 16.4. The Hall–Kier alpha value is -4.00. The maximum Gasteiger partial charge on any atom is 0.250 e. The lowest BCUT2D eigenvalue weighted by atomic mass is 10.0. The van der Waals surface area contributed by atoms with Crippen LogP contribution < -0.4 is 19.1 Å². The minimum absolute atomic E-state index is 0.0515. The van der Waals surface area contributed by atoms with Gasteiger partial charge in [0.2, 0.25) is 18.6 Å². The fourth-order valence-corrected chi connectivity index (χ4v) is 5.18. The fourth-order valence-electron chi connectivity index (χ4n) is 5.18. The van der Waals surface area contributed by atoms with E-state index >= 15 is 0 Å². The fraction of sp³-hybridized carbons (Fsp3) is 0.259. The Morgan fingerprint density at radius 1 is 1.00 bits per heavy atom. The van der Waals surface area contributed by atoms with Gasteiger partial charge in [0.15, 0.2) is 11.5 Å². The second-order valence-corrected chi connectivity index (χ2v) is 8.78. The van der Waals surface area contributed by atoms with Crippen molar-refractivity contribution >= 4 is 17.5 Å². The molecule has 34 heavy (non-hydrogen) atoms. The number of rotatable bonds is 5. The molecule has 0 radical (unpaired) electrons. The number of carbonyl (C=O) groups is 2.